The van der Waals surface area contributed by atoms with E-state index in [0.717, 1.165) is 0 Å². The Hall–Kier alpha value is 0.830. The third-order valence-electron chi connectivity index (χ3n) is 1.16. The molecule has 2 atom stereocenters. The van der Waals surface area contributed by atoms with Crippen LogP contribution in [0.1, 0.15) is 13.8 Å². The third kappa shape index (κ3) is 7.48. The molecule has 0 aliphatic carbocycles. The van der Waals surface area contributed by atoms with Gasteiger partial charge in [0.25, 0.3) is 0 Å². The minimum Gasteiger partial charge on any atom is -0.747 e. The van der Waals surface area contributed by atoms with Gasteiger partial charge in [-0.25, -0.2) is 8.42 Å². The molecular weight excluding hydrogens is 191 g/mol. The Morgan fingerprint density at radius 3 is 2.17 bits per heavy atom. The summed E-state index contributed by atoms with van der Waals surface area (Å²) in [6, 6.07) is -0.154. The Kier molecular flexibility index (Phi) is 8.05. The van der Waals surface area contributed by atoms with Gasteiger partial charge in [-0.15, -0.1) is 0 Å². The molecule has 0 amide bonds. The van der Waals surface area contributed by atoms with Gasteiger partial charge in [0.05, 0.1) is 5.37 Å². The molecule has 0 aliphatic rings. The number of hydrogen-bond donors (Lipinski definition) is 2. The van der Waals surface area contributed by atoms with E-state index in [4.69, 9.17) is 5.73 Å². The van der Waals surface area contributed by atoms with E-state index in [2.05, 4.69) is 5.32 Å². The molecule has 12 heavy (non-hydrogen) atoms. The molecule has 0 saturated carbocycles. The number of rotatable bonds is 4. The molecule has 0 radical (unpaired) electrons. The zero-order valence-corrected chi connectivity index (χ0v) is 10.4. The van der Waals surface area contributed by atoms with E-state index in [9.17, 15) is 13.0 Å². The summed E-state index contributed by atoms with van der Waals surface area (Å²) in [6.45, 7) is 3.34. The van der Waals surface area contributed by atoms with Crippen molar-refractivity contribution in [2.75, 3.05) is 6.54 Å². The van der Waals surface area contributed by atoms with Crippen molar-refractivity contribution in [1.29, 1.82) is 0 Å². The van der Waals surface area contributed by atoms with E-state index < -0.39 is 15.5 Å². The topological polar surface area (TPSA) is 95.2 Å². The minimum atomic E-state index is -4.22. The first-order valence-corrected chi connectivity index (χ1v) is 4.75. The Balaban J connectivity index is 0. The van der Waals surface area contributed by atoms with Crippen LogP contribution in [0, 0.1) is 0 Å². The van der Waals surface area contributed by atoms with E-state index in [-0.39, 0.29) is 35.6 Å². The first kappa shape index (κ1) is 15.3. The summed E-state index contributed by atoms with van der Waals surface area (Å²) < 4.78 is 30.9. The normalized spacial score (nSPS) is 16.3. The van der Waals surface area contributed by atoms with Crippen LogP contribution >= 0.6 is 0 Å². The summed E-state index contributed by atoms with van der Waals surface area (Å²) >= 11 is 0. The predicted octanol–water partition coefficient (Wildman–Crippen LogP) is -4.18. The van der Waals surface area contributed by atoms with Crippen LogP contribution < -0.4 is 40.6 Å². The van der Waals surface area contributed by atoms with Gasteiger partial charge < -0.3 is 15.6 Å². The summed E-state index contributed by atoms with van der Waals surface area (Å²) in [5.74, 6) is 0. The van der Waals surface area contributed by atoms with Gasteiger partial charge in [-0.1, -0.05) is 0 Å². The molecule has 0 aromatic rings. The van der Waals surface area contributed by atoms with E-state index in [0.29, 0.717) is 6.54 Å². The van der Waals surface area contributed by atoms with E-state index in [1.54, 1.807) is 6.92 Å². The maximum absolute atomic E-state index is 10.3. The molecule has 68 valence electrons. The molecule has 0 rings (SSSR count). The van der Waals surface area contributed by atoms with Crippen LogP contribution in [0.25, 0.3) is 0 Å². The molecule has 0 aliphatic heterocycles. The largest absolute Gasteiger partial charge is 1.00 e. The van der Waals surface area contributed by atoms with Gasteiger partial charge in [0.15, 0.2) is 0 Å². The van der Waals surface area contributed by atoms with Gasteiger partial charge in [0, 0.05) is 12.6 Å². The molecule has 0 fully saturated rings. The van der Waals surface area contributed by atoms with Crippen molar-refractivity contribution in [2.45, 2.75) is 25.3 Å². The van der Waals surface area contributed by atoms with Crippen LogP contribution in [-0.4, -0.2) is 30.9 Å². The summed E-state index contributed by atoms with van der Waals surface area (Å²) in [5, 5.41) is 1.43. The number of nitrogens with two attached hydrogens (primary N) is 1. The standard InChI is InChI=1S/C5H14N2O3S.Na/c1-4(6)3-7-5(2)11(8,9)10;/h4-5,7H,3,6H2,1-2H3,(H,8,9,10);/q;+1/p-1. The first-order valence-electron chi connectivity index (χ1n) is 3.27. The van der Waals surface area contributed by atoms with Gasteiger partial charge >= 0.3 is 29.6 Å². The molecule has 0 aromatic carbocycles. The van der Waals surface area contributed by atoms with E-state index in [1.165, 1.54) is 6.92 Å². The van der Waals surface area contributed by atoms with Gasteiger partial charge in [0.2, 0.25) is 0 Å². The second kappa shape index (κ2) is 6.31. The predicted molar refractivity (Wildman–Crippen MR) is 40.8 cm³/mol. The van der Waals surface area contributed by atoms with Crippen molar-refractivity contribution in [2.24, 2.45) is 5.73 Å². The van der Waals surface area contributed by atoms with Crippen molar-refractivity contribution >= 4 is 10.1 Å². The van der Waals surface area contributed by atoms with Crippen LogP contribution in [0.5, 0.6) is 0 Å². The minimum absolute atomic E-state index is 0. The van der Waals surface area contributed by atoms with Crippen molar-refractivity contribution in [3.63, 3.8) is 0 Å². The van der Waals surface area contributed by atoms with Crippen LogP contribution in [0.2, 0.25) is 0 Å². The zero-order chi connectivity index (χ0) is 9.07. The number of nitrogens with one attached hydrogen (secondary N) is 1. The van der Waals surface area contributed by atoms with Crippen molar-refractivity contribution in [3.05, 3.63) is 0 Å². The summed E-state index contributed by atoms with van der Waals surface area (Å²) in [6.07, 6.45) is 0. The second-order valence-corrected chi connectivity index (χ2v) is 4.21. The Labute approximate surface area is 95.1 Å². The zero-order valence-electron chi connectivity index (χ0n) is 7.57. The summed E-state index contributed by atoms with van der Waals surface area (Å²) in [7, 11) is -4.22. The Morgan fingerprint density at radius 2 is 1.92 bits per heavy atom. The third-order valence-corrected chi connectivity index (χ3v) is 2.19. The van der Waals surface area contributed by atoms with Crippen molar-refractivity contribution < 1.29 is 42.5 Å². The fourth-order valence-corrected chi connectivity index (χ4v) is 0.754. The smallest absolute Gasteiger partial charge is 0.747 e. The Bertz CT molecular complexity index is 205. The van der Waals surface area contributed by atoms with Gasteiger partial charge in [-0.05, 0) is 13.8 Å². The fourth-order valence-electron chi connectivity index (χ4n) is 0.454. The molecule has 5 nitrogen and oxygen atoms in total. The second-order valence-electron chi connectivity index (χ2n) is 2.52. The quantitative estimate of drug-likeness (QED) is 0.358. The SMILES string of the molecule is CC(N)CNC(C)S(=O)(=O)[O-].[Na+]. The number of hydrogen-bond acceptors (Lipinski definition) is 5. The molecule has 0 bridgehead atoms. The monoisotopic (exact) mass is 204 g/mol. The molecule has 2 unspecified atom stereocenters. The average molecular weight is 204 g/mol. The van der Waals surface area contributed by atoms with Gasteiger partial charge in [0.1, 0.15) is 10.1 Å². The van der Waals surface area contributed by atoms with Crippen molar-refractivity contribution in [1.82, 2.24) is 5.32 Å². The maximum Gasteiger partial charge on any atom is 1.00 e. The van der Waals surface area contributed by atoms with Crippen LogP contribution in [-0.2, 0) is 10.1 Å². The Morgan fingerprint density at radius 1 is 1.50 bits per heavy atom. The molecule has 0 aromatic heterocycles. The fraction of sp³-hybridized carbons (Fsp3) is 1.00. The molecular formula is C5H13N2NaO3S. The molecule has 7 heteroatoms. The van der Waals surface area contributed by atoms with Crippen LogP contribution in [0.3, 0.4) is 0 Å². The first-order chi connectivity index (χ1) is 4.84. The molecule has 0 heterocycles. The van der Waals surface area contributed by atoms with Crippen LogP contribution in [0.15, 0.2) is 0 Å². The van der Waals surface area contributed by atoms with Gasteiger partial charge in [-0.3, -0.25) is 0 Å². The average Bonchev–Trinajstić information content (AvgIpc) is 1.80. The summed E-state index contributed by atoms with van der Waals surface area (Å²) in [4.78, 5) is 0. The van der Waals surface area contributed by atoms with Crippen molar-refractivity contribution in [3.8, 4) is 0 Å². The van der Waals surface area contributed by atoms with E-state index in [1.807, 2.05) is 0 Å². The summed E-state index contributed by atoms with van der Waals surface area (Å²) in [5.41, 5.74) is 5.32. The molecule has 0 saturated heterocycles. The van der Waals surface area contributed by atoms with E-state index >= 15 is 0 Å². The molecule has 3 N–H and O–H groups in total. The maximum atomic E-state index is 10.3. The van der Waals surface area contributed by atoms with Crippen LogP contribution in [0.4, 0.5) is 0 Å². The molecule has 0 spiro atoms. The van der Waals surface area contributed by atoms with Gasteiger partial charge in [-0.2, -0.15) is 0 Å².